The fraction of sp³-hybridized carbons (Fsp3) is 0.429. The lowest BCUT2D eigenvalue weighted by Gasteiger charge is -2.32. The Labute approximate surface area is 117 Å². The van der Waals surface area contributed by atoms with Crippen LogP contribution in [0, 0.1) is 0 Å². The Bertz CT molecular complexity index is 508. The number of carbonyl (C=O) groups is 2. The number of piperazine rings is 1. The third-order valence-corrected chi connectivity index (χ3v) is 3.39. The highest BCUT2D eigenvalue weighted by Crippen LogP contribution is 2.29. The Hall–Kier alpha value is -2.24. The lowest BCUT2D eigenvalue weighted by atomic mass is 10.1. The van der Waals surface area contributed by atoms with E-state index >= 15 is 0 Å². The van der Waals surface area contributed by atoms with E-state index in [1.54, 1.807) is 30.1 Å². The Morgan fingerprint density at radius 1 is 1.15 bits per heavy atom. The van der Waals surface area contributed by atoms with Crippen LogP contribution in [0.1, 0.15) is 10.4 Å². The number of amides is 2. The van der Waals surface area contributed by atoms with Gasteiger partial charge in [0, 0.05) is 20.1 Å². The van der Waals surface area contributed by atoms with Gasteiger partial charge in [-0.05, 0) is 12.1 Å². The zero-order valence-electron chi connectivity index (χ0n) is 11.9. The quantitative estimate of drug-likeness (QED) is 0.813. The smallest absolute Gasteiger partial charge is 0.261 e. The number of benzene rings is 1. The monoisotopic (exact) mass is 278 g/mol. The first-order valence-corrected chi connectivity index (χ1v) is 6.32. The molecule has 2 rings (SSSR count). The molecule has 0 aliphatic carbocycles. The van der Waals surface area contributed by atoms with Gasteiger partial charge in [-0.25, -0.2) is 0 Å². The summed E-state index contributed by atoms with van der Waals surface area (Å²) in [6.07, 6.45) is 0. The van der Waals surface area contributed by atoms with Crippen molar-refractivity contribution in [2.45, 2.75) is 0 Å². The van der Waals surface area contributed by atoms with Crippen LogP contribution in [0.4, 0.5) is 0 Å². The van der Waals surface area contributed by atoms with Crippen molar-refractivity contribution >= 4 is 11.8 Å². The van der Waals surface area contributed by atoms with Gasteiger partial charge in [0.05, 0.1) is 14.2 Å². The van der Waals surface area contributed by atoms with Crippen LogP contribution in [0.3, 0.4) is 0 Å². The van der Waals surface area contributed by atoms with Crippen molar-refractivity contribution in [3.05, 3.63) is 23.8 Å². The number of rotatable bonds is 3. The fourth-order valence-electron chi connectivity index (χ4n) is 2.15. The molecule has 1 heterocycles. The fourth-order valence-corrected chi connectivity index (χ4v) is 2.15. The van der Waals surface area contributed by atoms with E-state index in [0.29, 0.717) is 30.2 Å². The summed E-state index contributed by atoms with van der Waals surface area (Å²) in [5.41, 5.74) is 0.356. The summed E-state index contributed by atoms with van der Waals surface area (Å²) in [7, 11) is 4.73. The van der Waals surface area contributed by atoms with Crippen molar-refractivity contribution in [3.63, 3.8) is 0 Å². The van der Waals surface area contributed by atoms with Crippen molar-refractivity contribution in [1.82, 2.24) is 9.80 Å². The van der Waals surface area contributed by atoms with Crippen molar-refractivity contribution in [2.75, 3.05) is 40.9 Å². The molecule has 0 atom stereocenters. The average molecular weight is 278 g/mol. The first kappa shape index (κ1) is 14.2. The standard InChI is InChI=1S/C14H18N2O4/c1-15-7-8-16(9-12(15)17)14(18)13-10(19-2)5-4-6-11(13)20-3/h4-6H,7-9H2,1-3H3. The molecule has 0 saturated carbocycles. The Balaban J connectivity index is 2.31. The zero-order valence-corrected chi connectivity index (χ0v) is 11.9. The van der Waals surface area contributed by atoms with Crippen LogP contribution in [0.25, 0.3) is 0 Å². The highest BCUT2D eigenvalue weighted by molar-refractivity contribution is 6.01. The minimum Gasteiger partial charge on any atom is -0.496 e. The number of carbonyl (C=O) groups excluding carboxylic acids is 2. The van der Waals surface area contributed by atoms with E-state index in [1.807, 2.05) is 0 Å². The predicted molar refractivity (Wildman–Crippen MR) is 73.1 cm³/mol. The normalized spacial score (nSPS) is 15.2. The molecule has 6 heteroatoms. The Morgan fingerprint density at radius 3 is 2.25 bits per heavy atom. The molecule has 1 saturated heterocycles. The number of nitrogens with zero attached hydrogens (tertiary/aromatic N) is 2. The van der Waals surface area contributed by atoms with Gasteiger partial charge in [-0.1, -0.05) is 6.07 Å². The van der Waals surface area contributed by atoms with E-state index < -0.39 is 0 Å². The summed E-state index contributed by atoms with van der Waals surface area (Å²) in [5.74, 6) is 0.570. The first-order valence-electron chi connectivity index (χ1n) is 6.32. The lowest BCUT2D eigenvalue weighted by molar-refractivity contribution is -0.133. The highest BCUT2D eigenvalue weighted by atomic mass is 16.5. The second kappa shape index (κ2) is 5.81. The summed E-state index contributed by atoms with van der Waals surface area (Å²) < 4.78 is 10.4. The van der Waals surface area contributed by atoms with Gasteiger partial charge in [0.25, 0.3) is 5.91 Å². The Morgan fingerprint density at radius 2 is 1.75 bits per heavy atom. The second-order valence-corrected chi connectivity index (χ2v) is 4.58. The topological polar surface area (TPSA) is 59.1 Å². The molecular weight excluding hydrogens is 260 g/mol. The van der Waals surface area contributed by atoms with Crippen LogP contribution in [0.5, 0.6) is 11.5 Å². The molecule has 1 aromatic rings. The van der Waals surface area contributed by atoms with E-state index in [4.69, 9.17) is 9.47 Å². The minimum absolute atomic E-state index is 0.0709. The molecule has 0 radical (unpaired) electrons. The van der Waals surface area contributed by atoms with Crippen molar-refractivity contribution in [2.24, 2.45) is 0 Å². The summed E-state index contributed by atoms with van der Waals surface area (Å²) in [6, 6.07) is 5.16. The third-order valence-electron chi connectivity index (χ3n) is 3.39. The van der Waals surface area contributed by atoms with Gasteiger partial charge in [-0.15, -0.1) is 0 Å². The molecule has 108 valence electrons. The van der Waals surface area contributed by atoms with Crippen LogP contribution >= 0.6 is 0 Å². The van der Waals surface area contributed by atoms with Gasteiger partial charge < -0.3 is 19.3 Å². The Kier molecular flexibility index (Phi) is 4.12. The number of likely N-dealkylation sites (N-methyl/N-ethyl adjacent to an activating group) is 1. The SMILES string of the molecule is COc1cccc(OC)c1C(=O)N1CCN(C)C(=O)C1. The molecule has 20 heavy (non-hydrogen) atoms. The maximum atomic E-state index is 12.6. The maximum absolute atomic E-state index is 12.6. The summed E-state index contributed by atoms with van der Waals surface area (Å²) in [4.78, 5) is 27.5. The molecule has 2 amide bonds. The molecule has 1 aliphatic rings. The van der Waals surface area contributed by atoms with Gasteiger partial charge in [0.2, 0.25) is 5.91 Å². The largest absolute Gasteiger partial charge is 0.496 e. The van der Waals surface area contributed by atoms with Crippen LogP contribution < -0.4 is 9.47 Å². The number of hydrogen-bond donors (Lipinski definition) is 0. The van der Waals surface area contributed by atoms with Crippen molar-refractivity contribution < 1.29 is 19.1 Å². The van der Waals surface area contributed by atoms with E-state index in [1.165, 1.54) is 19.1 Å². The van der Waals surface area contributed by atoms with E-state index in [0.717, 1.165) is 0 Å². The van der Waals surface area contributed by atoms with E-state index in [-0.39, 0.29) is 18.4 Å². The predicted octanol–water partition coefficient (Wildman–Crippen LogP) is 0.618. The molecule has 0 N–H and O–H groups in total. The highest BCUT2D eigenvalue weighted by Gasteiger charge is 2.29. The molecule has 6 nitrogen and oxygen atoms in total. The van der Waals surface area contributed by atoms with Crippen LogP contribution in [0.15, 0.2) is 18.2 Å². The first-order chi connectivity index (χ1) is 9.58. The molecule has 0 aromatic heterocycles. The molecular formula is C14H18N2O4. The molecule has 0 spiro atoms. The van der Waals surface area contributed by atoms with Crippen LogP contribution in [-0.2, 0) is 4.79 Å². The second-order valence-electron chi connectivity index (χ2n) is 4.58. The molecule has 0 bridgehead atoms. The van der Waals surface area contributed by atoms with Crippen molar-refractivity contribution in [3.8, 4) is 11.5 Å². The number of ether oxygens (including phenoxy) is 2. The van der Waals surface area contributed by atoms with Crippen LogP contribution in [0.2, 0.25) is 0 Å². The lowest BCUT2D eigenvalue weighted by Crippen LogP contribution is -2.50. The summed E-state index contributed by atoms with van der Waals surface area (Å²) in [5, 5.41) is 0. The molecule has 1 aliphatic heterocycles. The van der Waals surface area contributed by atoms with Crippen LogP contribution in [-0.4, -0.2) is 62.5 Å². The van der Waals surface area contributed by atoms with E-state index in [9.17, 15) is 9.59 Å². The van der Waals surface area contributed by atoms with Gasteiger partial charge in [-0.3, -0.25) is 9.59 Å². The summed E-state index contributed by atoms with van der Waals surface area (Å²) >= 11 is 0. The van der Waals surface area contributed by atoms with Gasteiger partial charge in [0.15, 0.2) is 0 Å². The zero-order chi connectivity index (χ0) is 14.7. The molecule has 1 aromatic carbocycles. The maximum Gasteiger partial charge on any atom is 0.261 e. The number of hydrogen-bond acceptors (Lipinski definition) is 4. The van der Waals surface area contributed by atoms with Gasteiger partial charge >= 0.3 is 0 Å². The molecule has 1 fully saturated rings. The van der Waals surface area contributed by atoms with Gasteiger partial charge in [0.1, 0.15) is 23.6 Å². The summed E-state index contributed by atoms with van der Waals surface area (Å²) in [6.45, 7) is 1.11. The number of methoxy groups -OCH3 is 2. The average Bonchev–Trinajstić information content (AvgIpc) is 2.48. The van der Waals surface area contributed by atoms with E-state index in [2.05, 4.69) is 0 Å². The van der Waals surface area contributed by atoms with Gasteiger partial charge in [-0.2, -0.15) is 0 Å². The van der Waals surface area contributed by atoms with Crippen molar-refractivity contribution in [1.29, 1.82) is 0 Å². The third kappa shape index (κ3) is 2.54. The molecule has 0 unspecified atom stereocenters. The minimum atomic E-state index is -0.249.